The summed E-state index contributed by atoms with van der Waals surface area (Å²) >= 11 is 3.63. The molecule has 1 aliphatic rings. The first-order chi connectivity index (χ1) is 9.28. The highest BCUT2D eigenvalue weighted by Gasteiger charge is 2.19. The van der Waals surface area contributed by atoms with E-state index in [1.54, 1.807) is 7.11 Å². The van der Waals surface area contributed by atoms with Crippen LogP contribution in [0.3, 0.4) is 0 Å². The van der Waals surface area contributed by atoms with Crippen molar-refractivity contribution in [2.75, 3.05) is 18.6 Å². The number of hydrogen-bond acceptors (Lipinski definition) is 2. The third-order valence-electron chi connectivity index (χ3n) is 3.60. The van der Waals surface area contributed by atoms with Gasteiger partial charge in [0.1, 0.15) is 5.75 Å². The summed E-state index contributed by atoms with van der Waals surface area (Å²) in [6.45, 7) is 2.03. The summed E-state index contributed by atoms with van der Waals surface area (Å²) in [4.78, 5) is 2.43. The fraction of sp³-hybridized carbons (Fsp3) is 0.250. The van der Waals surface area contributed by atoms with Crippen LogP contribution >= 0.6 is 15.9 Å². The SMILES string of the molecule is COc1ccc(CN2CCc3ccccc32)c(Br)c1. The molecule has 3 rings (SSSR count). The van der Waals surface area contributed by atoms with Crippen LogP contribution in [0.2, 0.25) is 0 Å². The third kappa shape index (κ3) is 2.47. The summed E-state index contributed by atoms with van der Waals surface area (Å²) in [5.41, 5.74) is 4.11. The molecule has 3 heteroatoms. The van der Waals surface area contributed by atoms with Gasteiger partial charge in [0.15, 0.2) is 0 Å². The summed E-state index contributed by atoms with van der Waals surface area (Å²) in [5.74, 6) is 0.887. The van der Waals surface area contributed by atoms with Crippen LogP contribution in [0.1, 0.15) is 11.1 Å². The highest BCUT2D eigenvalue weighted by molar-refractivity contribution is 9.10. The Morgan fingerprint density at radius 1 is 1.21 bits per heavy atom. The molecular weight excluding hydrogens is 302 g/mol. The molecule has 0 fully saturated rings. The van der Waals surface area contributed by atoms with E-state index < -0.39 is 0 Å². The molecule has 0 saturated carbocycles. The maximum Gasteiger partial charge on any atom is 0.120 e. The van der Waals surface area contributed by atoms with Crippen molar-refractivity contribution >= 4 is 21.6 Å². The lowest BCUT2D eigenvalue weighted by molar-refractivity contribution is 0.414. The highest BCUT2D eigenvalue weighted by Crippen LogP contribution is 2.31. The summed E-state index contributed by atoms with van der Waals surface area (Å²) in [6.07, 6.45) is 1.14. The lowest BCUT2D eigenvalue weighted by Crippen LogP contribution is -2.19. The summed E-state index contributed by atoms with van der Waals surface area (Å²) in [5, 5.41) is 0. The molecule has 19 heavy (non-hydrogen) atoms. The maximum absolute atomic E-state index is 5.23. The second-order valence-corrected chi connectivity index (χ2v) is 5.61. The van der Waals surface area contributed by atoms with Gasteiger partial charge in [-0.15, -0.1) is 0 Å². The average molecular weight is 318 g/mol. The molecule has 0 N–H and O–H groups in total. The van der Waals surface area contributed by atoms with E-state index in [9.17, 15) is 0 Å². The van der Waals surface area contributed by atoms with Gasteiger partial charge in [0.05, 0.1) is 7.11 Å². The van der Waals surface area contributed by atoms with Crippen molar-refractivity contribution in [3.05, 3.63) is 58.1 Å². The third-order valence-corrected chi connectivity index (χ3v) is 4.34. The van der Waals surface area contributed by atoms with Crippen LogP contribution in [-0.2, 0) is 13.0 Å². The zero-order chi connectivity index (χ0) is 13.2. The first kappa shape index (κ1) is 12.5. The van der Waals surface area contributed by atoms with Crippen LogP contribution in [0.25, 0.3) is 0 Å². The molecule has 0 radical (unpaired) electrons. The molecule has 0 atom stereocenters. The standard InChI is InChI=1S/C16H16BrNO/c1-19-14-7-6-13(15(17)10-14)11-18-9-8-12-4-2-3-5-16(12)18/h2-7,10H,8-9,11H2,1H3. The van der Waals surface area contributed by atoms with Crippen LogP contribution in [0.15, 0.2) is 46.9 Å². The minimum Gasteiger partial charge on any atom is -0.497 e. The van der Waals surface area contributed by atoms with Gasteiger partial charge in [-0.3, -0.25) is 0 Å². The predicted molar refractivity (Wildman–Crippen MR) is 81.9 cm³/mol. The number of rotatable bonds is 3. The zero-order valence-electron chi connectivity index (χ0n) is 10.9. The largest absolute Gasteiger partial charge is 0.497 e. The Hall–Kier alpha value is -1.48. The van der Waals surface area contributed by atoms with E-state index in [-0.39, 0.29) is 0 Å². The fourth-order valence-corrected chi connectivity index (χ4v) is 3.04. The second kappa shape index (κ2) is 5.25. The quantitative estimate of drug-likeness (QED) is 0.847. The molecule has 1 heterocycles. The Balaban J connectivity index is 1.83. The molecule has 0 aliphatic carbocycles. The van der Waals surface area contributed by atoms with Crippen LogP contribution in [-0.4, -0.2) is 13.7 Å². The Kier molecular flexibility index (Phi) is 3.47. The smallest absolute Gasteiger partial charge is 0.120 e. The number of nitrogens with zero attached hydrogens (tertiary/aromatic N) is 1. The number of fused-ring (bicyclic) bond motifs is 1. The molecule has 0 spiro atoms. The molecule has 2 aromatic carbocycles. The fourth-order valence-electron chi connectivity index (χ4n) is 2.56. The Bertz CT molecular complexity index is 597. The van der Waals surface area contributed by atoms with Crippen molar-refractivity contribution in [3.63, 3.8) is 0 Å². The van der Waals surface area contributed by atoms with Crippen LogP contribution in [0, 0.1) is 0 Å². The van der Waals surface area contributed by atoms with E-state index in [4.69, 9.17) is 4.74 Å². The highest BCUT2D eigenvalue weighted by atomic mass is 79.9. The lowest BCUT2D eigenvalue weighted by atomic mass is 10.1. The molecule has 0 amide bonds. The molecule has 2 aromatic rings. The zero-order valence-corrected chi connectivity index (χ0v) is 12.5. The molecule has 0 saturated heterocycles. The normalized spacial score (nSPS) is 13.5. The van der Waals surface area contributed by atoms with Crippen molar-refractivity contribution in [1.82, 2.24) is 0 Å². The van der Waals surface area contributed by atoms with Gasteiger partial charge in [0, 0.05) is 23.2 Å². The molecule has 0 unspecified atom stereocenters. The van der Waals surface area contributed by atoms with Gasteiger partial charge in [-0.1, -0.05) is 40.2 Å². The predicted octanol–water partition coefficient (Wildman–Crippen LogP) is 4.02. The van der Waals surface area contributed by atoms with Crippen molar-refractivity contribution < 1.29 is 4.74 Å². The minimum atomic E-state index is 0.887. The van der Waals surface area contributed by atoms with Crippen LogP contribution < -0.4 is 9.64 Å². The summed E-state index contributed by atoms with van der Waals surface area (Å²) in [6, 6.07) is 14.8. The van der Waals surface area contributed by atoms with Gasteiger partial charge in [-0.05, 0) is 35.7 Å². The van der Waals surface area contributed by atoms with Gasteiger partial charge in [0.25, 0.3) is 0 Å². The van der Waals surface area contributed by atoms with Crippen molar-refractivity contribution in [3.8, 4) is 5.75 Å². The number of anilines is 1. The molecule has 2 nitrogen and oxygen atoms in total. The maximum atomic E-state index is 5.23. The van der Waals surface area contributed by atoms with Gasteiger partial charge in [-0.25, -0.2) is 0 Å². The van der Waals surface area contributed by atoms with E-state index >= 15 is 0 Å². The lowest BCUT2D eigenvalue weighted by Gasteiger charge is -2.20. The number of methoxy groups -OCH3 is 1. The van der Waals surface area contributed by atoms with Gasteiger partial charge >= 0.3 is 0 Å². The number of benzene rings is 2. The van der Waals surface area contributed by atoms with E-state index in [0.717, 1.165) is 29.7 Å². The average Bonchev–Trinajstić information content (AvgIpc) is 2.84. The Morgan fingerprint density at radius 2 is 2.05 bits per heavy atom. The molecule has 98 valence electrons. The Labute approximate surface area is 122 Å². The molecule has 0 bridgehead atoms. The monoisotopic (exact) mass is 317 g/mol. The van der Waals surface area contributed by atoms with E-state index in [2.05, 4.69) is 51.2 Å². The molecule has 0 aromatic heterocycles. The second-order valence-electron chi connectivity index (χ2n) is 4.76. The van der Waals surface area contributed by atoms with E-state index in [1.807, 2.05) is 12.1 Å². The van der Waals surface area contributed by atoms with Crippen molar-refractivity contribution in [2.45, 2.75) is 13.0 Å². The van der Waals surface area contributed by atoms with Gasteiger partial charge in [0.2, 0.25) is 0 Å². The minimum absolute atomic E-state index is 0.887. The Morgan fingerprint density at radius 3 is 2.84 bits per heavy atom. The van der Waals surface area contributed by atoms with Crippen LogP contribution in [0.5, 0.6) is 5.75 Å². The number of hydrogen-bond donors (Lipinski definition) is 0. The van der Waals surface area contributed by atoms with Crippen LogP contribution in [0.4, 0.5) is 5.69 Å². The topological polar surface area (TPSA) is 12.5 Å². The van der Waals surface area contributed by atoms with E-state index in [0.29, 0.717) is 0 Å². The molecular formula is C16H16BrNO. The number of para-hydroxylation sites is 1. The van der Waals surface area contributed by atoms with E-state index in [1.165, 1.54) is 16.8 Å². The van der Waals surface area contributed by atoms with Gasteiger partial charge in [-0.2, -0.15) is 0 Å². The van der Waals surface area contributed by atoms with Gasteiger partial charge < -0.3 is 9.64 Å². The first-order valence-corrected chi connectivity index (χ1v) is 7.22. The van der Waals surface area contributed by atoms with Crippen molar-refractivity contribution in [2.24, 2.45) is 0 Å². The number of ether oxygens (including phenoxy) is 1. The number of halogens is 1. The molecule has 1 aliphatic heterocycles. The first-order valence-electron chi connectivity index (χ1n) is 6.43. The summed E-state index contributed by atoms with van der Waals surface area (Å²) < 4.78 is 6.34. The summed E-state index contributed by atoms with van der Waals surface area (Å²) in [7, 11) is 1.69. The van der Waals surface area contributed by atoms with Crippen molar-refractivity contribution in [1.29, 1.82) is 0 Å².